The molecule has 0 spiro atoms. The van der Waals surface area contributed by atoms with Crippen LogP contribution >= 0.6 is 11.8 Å². The van der Waals surface area contributed by atoms with Crippen molar-refractivity contribution in [2.75, 3.05) is 19.4 Å². The Balaban J connectivity index is 1.45. The van der Waals surface area contributed by atoms with Crippen LogP contribution in [-0.4, -0.2) is 34.9 Å². The summed E-state index contributed by atoms with van der Waals surface area (Å²) < 4.78 is 7.21. The summed E-state index contributed by atoms with van der Waals surface area (Å²) in [5, 5.41) is 4.25. The highest BCUT2D eigenvalue weighted by Crippen LogP contribution is 2.31. The van der Waals surface area contributed by atoms with Gasteiger partial charge in [0.1, 0.15) is 5.75 Å². The van der Waals surface area contributed by atoms with E-state index in [1.54, 1.807) is 7.11 Å². The fraction of sp³-hybridized carbons (Fsp3) is 0.400. The third kappa shape index (κ3) is 5.15. The molecule has 1 aliphatic carbocycles. The van der Waals surface area contributed by atoms with Crippen LogP contribution in [0.4, 0.5) is 0 Å². The number of hydrogen-bond donors (Lipinski definition) is 1. The van der Waals surface area contributed by atoms with Gasteiger partial charge in [0.25, 0.3) is 5.56 Å². The smallest absolute Gasteiger partial charge is 0.262 e. The monoisotopic (exact) mass is 451 g/mol. The molecular formula is C25H29N3O3S. The topological polar surface area (TPSA) is 73.2 Å². The summed E-state index contributed by atoms with van der Waals surface area (Å²) in [7, 11) is 1.65. The molecule has 0 bridgehead atoms. The molecule has 168 valence electrons. The molecule has 6 nitrogen and oxygen atoms in total. The minimum atomic E-state index is -0.0671. The number of carbonyl (C=O) groups is 1. The number of hydrogen-bond acceptors (Lipinski definition) is 5. The van der Waals surface area contributed by atoms with Crippen molar-refractivity contribution in [1.82, 2.24) is 14.9 Å². The number of carbonyl (C=O) groups excluding carboxylic acids is 1. The molecule has 7 heteroatoms. The first-order chi connectivity index (χ1) is 15.7. The van der Waals surface area contributed by atoms with E-state index in [1.807, 2.05) is 53.1 Å². The second kappa shape index (κ2) is 10.7. The minimum absolute atomic E-state index is 0.00146. The summed E-state index contributed by atoms with van der Waals surface area (Å²) >= 11 is 1.35. The molecule has 0 atom stereocenters. The SMILES string of the molecule is COc1ccccc1CCNC(=O)CSc1nc2ccccc2c(=O)n1C1CCCCC1. The molecule has 0 saturated heterocycles. The molecule has 1 aliphatic rings. The molecule has 3 aromatic rings. The number of methoxy groups -OCH3 is 1. The van der Waals surface area contributed by atoms with Gasteiger partial charge in [-0.15, -0.1) is 0 Å². The van der Waals surface area contributed by atoms with Gasteiger partial charge in [-0.3, -0.25) is 14.2 Å². The van der Waals surface area contributed by atoms with Crippen molar-refractivity contribution in [3.63, 3.8) is 0 Å². The van der Waals surface area contributed by atoms with Crippen LogP contribution in [0.3, 0.4) is 0 Å². The van der Waals surface area contributed by atoms with Crippen molar-refractivity contribution in [1.29, 1.82) is 0 Å². The Morgan fingerprint density at radius 2 is 1.88 bits per heavy atom. The molecule has 1 heterocycles. The standard InChI is InChI=1S/C25H29N3O3S/c1-31-22-14-8-5-9-18(22)15-16-26-23(29)17-32-25-27-21-13-7-6-12-20(21)24(30)28(25)19-10-3-2-4-11-19/h5-9,12-14,19H,2-4,10-11,15-17H2,1H3,(H,26,29). The van der Waals surface area contributed by atoms with Crippen LogP contribution in [0.25, 0.3) is 10.9 Å². The maximum Gasteiger partial charge on any atom is 0.262 e. The second-order valence-electron chi connectivity index (χ2n) is 8.08. The first-order valence-electron chi connectivity index (χ1n) is 11.2. The molecular weight excluding hydrogens is 422 g/mol. The second-order valence-corrected chi connectivity index (χ2v) is 9.02. The van der Waals surface area contributed by atoms with Crippen molar-refractivity contribution >= 4 is 28.6 Å². The quantitative estimate of drug-likeness (QED) is 0.407. The van der Waals surface area contributed by atoms with Gasteiger partial charge in [0.2, 0.25) is 5.91 Å². The predicted molar refractivity (Wildman–Crippen MR) is 129 cm³/mol. The third-order valence-electron chi connectivity index (χ3n) is 5.96. The first-order valence-corrected chi connectivity index (χ1v) is 12.2. The number of rotatable bonds is 8. The van der Waals surface area contributed by atoms with Crippen molar-refractivity contribution in [2.45, 2.75) is 49.7 Å². The zero-order valence-electron chi connectivity index (χ0n) is 18.4. The van der Waals surface area contributed by atoms with Crippen molar-refractivity contribution in [3.8, 4) is 5.75 Å². The molecule has 4 rings (SSSR count). The third-order valence-corrected chi connectivity index (χ3v) is 6.91. The maximum atomic E-state index is 13.3. The summed E-state index contributed by atoms with van der Waals surface area (Å²) in [5.74, 6) is 0.985. The molecule has 1 saturated carbocycles. The zero-order chi connectivity index (χ0) is 22.3. The molecule has 1 fully saturated rings. The lowest BCUT2D eigenvalue weighted by molar-refractivity contribution is -0.118. The molecule has 32 heavy (non-hydrogen) atoms. The number of thioether (sulfide) groups is 1. The van der Waals surface area contributed by atoms with Gasteiger partial charge in [0.05, 0.1) is 23.8 Å². The lowest BCUT2D eigenvalue weighted by atomic mass is 9.95. The number of benzene rings is 2. The number of aromatic nitrogens is 2. The van der Waals surface area contributed by atoms with E-state index < -0.39 is 0 Å². The molecule has 1 aromatic heterocycles. The Kier molecular flexibility index (Phi) is 7.47. The van der Waals surface area contributed by atoms with Crippen LogP contribution in [0.2, 0.25) is 0 Å². The summed E-state index contributed by atoms with van der Waals surface area (Å²) in [6.07, 6.45) is 6.12. The number of nitrogens with zero attached hydrogens (tertiary/aromatic N) is 2. The highest BCUT2D eigenvalue weighted by molar-refractivity contribution is 7.99. The summed E-state index contributed by atoms with van der Waals surface area (Å²) in [6, 6.07) is 15.4. The summed E-state index contributed by atoms with van der Waals surface area (Å²) in [5.41, 5.74) is 1.75. The van der Waals surface area contributed by atoms with Crippen LogP contribution in [0.1, 0.15) is 43.7 Å². The molecule has 0 aliphatic heterocycles. The van der Waals surface area contributed by atoms with Gasteiger partial charge in [-0.2, -0.15) is 0 Å². The van der Waals surface area contributed by atoms with Gasteiger partial charge in [-0.05, 0) is 43.0 Å². The van der Waals surface area contributed by atoms with Crippen molar-refractivity contribution < 1.29 is 9.53 Å². The Labute approximate surface area is 192 Å². The van der Waals surface area contributed by atoms with Gasteiger partial charge in [-0.1, -0.05) is 61.4 Å². The van der Waals surface area contributed by atoms with E-state index in [9.17, 15) is 9.59 Å². The fourth-order valence-corrected chi connectivity index (χ4v) is 5.21. The Hall–Kier alpha value is -2.80. The number of para-hydroxylation sites is 2. The highest BCUT2D eigenvalue weighted by atomic mass is 32.2. The molecule has 1 amide bonds. The Morgan fingerprint density at radius 1 is 1.12 bits per heavy atom. The van der Waals surface area contributed by atoms with E-state index in [-0.39, 0.29) is 23.3 Å². The number of nitrogens with one attached hydrogen (secondary N) is 1. The first kappa shape index (κ1) is 22.4. The molecule has 1 N–H and O–H groups in total. The van der Waals surface area contributed by atoms with Gasteiger partial charge in [0, 0.05) is 12.6 Å². The predicted octanol–water partition coefficient (Wildman–Crippen LogP) is 4.36. The minimum Gasteiger partial charge on any atom is -0.496 e. The van der Waals surface area contributed by atoms with E-state index in [1.165, 1.54) is 18.2 Å². The van der Waals surface area contributed by atoms with E-state index in [2.05, 4.69) is 5.32 Å². The zero-order valence-corrected chi connectivity index (χ0v) is 19.2. The molecule has 2 aromatic carbocycles. The van der Waals surface area contributed by atoms with Crippen LogP contribution in [-0.2, 0) is 11.2 Å². The van der Waals surface area contributed by atoms with Crippen molar-refractivity contribution in [3.05, 3.63) is 64.4 Å². The fourth-order valence-electron chi connectivity index (χ4n) is 4.32. The Bertz CT molecular complexity index is 1140. The number of ether oxygens (including phenoxy) is 1. The summed E-state index contributed by atoms with van der Waals surface area (Å²) in [6.45, 7) is 0.528. The number of fused-ring (bicyclic) bond motifs is 1. The van der Waals surface area contributed by atoms with Crippen LogP contribution < -0.4 is 15.6 Å². The van der Waals surface area contributed by atoms with Crippen LogP contribution in [0.15, 0.2) is 58.5 Å². The van der Waals surface area contributed by atoms with Crippen LogP contribution in [0.5, 0.6) is 5.75 Å². The normalized spacial score (nSPS) is 14.4. The Morgan fingerprint density at radius 3 is 2.69 bits per heavy atom. The summed E-state index contributed by atoms with van der Waals surface area (Å²) in [4.78, 5) is 30.6. The van der Waals surface area contributed by atoms with Gasteiger partial charge >= 0.3 is 0 Å². The average molecular weight is 452 g/mol. The lowest BCUT2D eigenvalue weighted by Gasteiger charge is -2.26. The van der Waals surface area contributed by atoms with Gasteiger partial charge in [0.15, 0.2) is 5.16 Å². The highest BCUT2D eigenvalue weighted by Gasteiger charge is 2.22. The van der Waals surface area contributed by atoms with Gasteiger partial charge in [-0.25, -0.2) is 4.98 Å². The van der Waals surface area contributed by atoms with E-state index in [4.69, 9.17) is 9.72 Å². The van der Waals surface area contributed by atoms with E-state index >= 15 is 0 Å². The lowest BCUT2D eigenvalue weighted by Crippen LogP contribution is -2.30. The molecule has 0 unspecified atom stereocenters. The van der Waals surface area contributed by atoms with E-state index in [0.29, 0.717) is 29.0 Å². The van der Waals surface area contributed by atoms with Gasteiger partial charge < -0.3 is 10.1 Å². The molecule has 0 radical (unpaired) electrons. The van der Waals surface area contributed by atoms with Crippen molar-refractivity contribution in [2.24, 2.45) is 0 Å². The van der Waals surface area contributed by atoms with Crippen LogP contribution in [0, 0.1) is 0 Å². The van der Waals surface area contributed by atoms with E-state index in [0.717, 1.165) is 37.0 Å². The largest absolute Gasteiger partial charge is 0.496 e. The maximum absolute atomic E-state index is 13.3. The number of amides is 1. The average Bonchev–Trinajstić information content (AvgIpc) is 2.83.